The van der Waals surface area contributed by atoms with Crippen molar-refractivity contribution in [2.75, 3.05) is 38.2 Å². The molecule has 0 atom stereocenters. The summed E-state index contributed by atoms with van der Waals surface area (Å²) in [7, 11) is 1.37. The van der Waals surface area contributed by atoms with Crippen LogP contribution < -0.4 is 10.2 Å². The first-order valence-electron chi connectivity index (χ1n) is 7.24. The van der Waals surface area contributed by atoms with E-state index >= 15 is 0 Å². The Morgan fingerprint density at radius 3 is 2.64 bits per heavy atom. The fraction of sp³-hybridized carbons (Fsp3) is 0.312. The topological polar surface area (TPSA) is 67.3 Å². The molecule has 0 radical (unpaired) electrons. The van der Waals surface area contributed by atoms with Gasteiger partial charge in [-0.15, -0.1) is 0 Å². The molecule has 1 N–H and O–H groups in total. The molecule has 22 heavy (non-hydrogen) atoms. The largest absolute Gasteiger partial charge is 0.465 e. The summed E-state index contributed by atoms with van der Waals surface area (Å²) in [5, 5.41) is 3.32. The second-order valence-electron chi connectivity index (χ2n) is 5.07. The SMILES string of the molecule is COC(=O)c1cccc(-c2ncc(N3CCNCC3)cn2)c1. The maximum atomic E-state index is 11.6. The Balaban J connectivity index is 1.82. The first-order valence-corrected chi connectivity index (χ1v) is 7.24. The lowest BCUT2D eigenvalue weighted by molar-refractivity contribution is 0.0601. The van der Waals surface area contributed by atoms with Crippen LogP contribution in [0.5, 0.6) is 0 Å². The van der Waals surface area contributed by atoms with E-state index in [-0.39, 0.29) is 5.97 Å². The van der Waals surface area contributed by atoms with Crippen LogP contribution in [-0.4, -0.2) is 49.2 Å². The third-order valence-corrected chi connectivity index (χ3v) is 3.66. The maximum absolute atomic E-state index is 11.6. The lowest BCUT2D eigenvalue weighted by Crippen LogP contribution is -2.43. The van der Waals surface area contributed by atoms with Gasteiger partial charge in [0, 0.05) is 31.7 Å². The smallest absolute Gasteiger partial charge is 0.337 e. The van der Waals surface area contributed by atoms with Crippen LogP contribution in [0.2, 0.25) is 0 Å². The number of rotatable bonds is 3. The zero-order valence-electron chi connectivity index (χ0n) is 12.5. The van der Waals surface area contributed by atoms with Gasteiger partial charge >= 0.3 is 5.97 Å². The van der Waals surface area contributed by atoms with Crippen molar-refractivity contribution in [2.45, 2.75) is 0 Å². The van der Waals surface area contributed by atoms with Crippen LogP contribution >= 0.6 is 0 Å². The van der Waals surface area contributed by atoms with Crippen LogP contribution in [0.15, 0.2) is 36.7 Å². The summed E-state index contributed by atoms with van der Waals surface area (Å²) in [6.45, 7) is 3.87. The molecule has 0 saturated carbocycles. The Morgan fingerprint density at radius 2 is 1.95 bits per heavy atom. The number of aromatic nitrogens is 2. The lowest BCUT2D eigenvalue weighted by Gasteiger charge is -2.28. The molecule has 0 amide bonds. The molecule has 1 fully saturated rings. The Hall–Kier alpha value is -2.47. The minimum absolute atomic E-state index is 0.362. The van der Waals surface area contributed by atoms with Gasteiger partial charge in [0.2, 0.25) is 0 Å². The summed E-state index contributed by atoms with van der Waals surface area (Å²) in [4.78, 5) is 22.7. The third kappa shape index (κ3) is 3.07. The van der Waals surface area contributed by atoms with E-state index in [1.54, 1.807) is 18.2 Å². The molecule has 1 aromatic carbocycles. The Labute approximate surface area is 129 Å². The highest BCUT2D eigenvalue weighted by atomic mass is 16.5. The molecule has 1 saturated heterocycles. The third-order valence-electron chi connectivity index (χ3n) is 3.66. The van der Waals surface area contributed by atoms with Crippen LogP contribution in [0.25, 0.3) is 11.4 Å². The van der Waals surface area contributed by atoms with E-state index in [0.717, 1.165) is 37.4 Å². The van der Waals surface area contributed by atoms with Crippen molar-refractivity contribution in [3.05, 3.63) is 42.2 Å². The van der Waals surface area contributed by atoms with Gasteiger partial charge in [0.15, 0.2) is 5.82 Å². The molecule has 114 valence electrons. The molecule has 0 aliphatic carbocycles. The van der Waals surface area contributed by atoms with Crippen LogP contribution in [0.1, 0.15) is 10.4 Å². The minimum Gasteiger partial charge on any atom is -0.465 e. The van der Waals surface area contributed by atoms with E-state index in [1.165, 1.54) is 7.11 Å². The quantitative estimate of drug-likeness (QED) is 0.863. The van der Waals surface area contributed by atoms with E-state index in [0.29, 0.717) is 11.4 Å². The molecule has 2 aromatic rings. The minimum atomic E-state index is -0.362. The number of hydrogen-bond donors (Lipinski definition) is 1. The maximum Gasteiger partial charge on any atom is 0.337 e. The van der Waals surface area contributed by atoms with Gasteiger partial charge in [-0.25, -0.2) is 14.8 Å². The molecule has 6 heteroatoms. The number of anilines is 1. The highest BCUT2D eigenvalue weighted by Crippen LogP contribution is 2.19. The molecule has 0 spiro atoms. The number of hydrogen-bond acceptors (Lipinski definition) is 6. The molecule has 1 aromatic heterocycles. The zero-order valence-corrected chi connectivity index (χ0v) is 12.5. The van der Waals surface area contributed by atoms with E-state index in [4.69, 9.17) is 4.74 Å². The first kappa shape index (κ1) is 14.5. The number of carbonyl (C=O) groups is 1. The predicted octanol–water partition coefficient (Wildman–Crippen LogP) is 1.34. The van der Waals surface area contributed by atoms with Gasteiger partial charge in [-0.2, -0.15) is 0 Å². The zero-order chi connectivity index (χ0) is 15.4. The number of nitrogens with zero attached hydrogens (tertiary/aromatic N) is 3. The molecule has 6 nitrogen and oxygen atoms in total. The average Bonchev–Trinajstić information content (AvgIpc) is 2.62. The second kappa shape index (κ2) is 6.53. The monoisotopic (exact) mass is 298 g/mol. The van der Waals surface area contributed by atoms with Gasteiger partial charge in [0.1, 0.15) is 0 Å². The van der Waals surface area contributed by atoms with Crippen molar-refractivity contribution >= 4 is 11.7 Å². The molecule has 3 rings (SSSR count). The van der Waals surface area contributed by atoms with Gasteiger partial charge in [-0.05, 0) is 12.1 Å². The number of benzene rings is 1. The van der Waals surface area contributed by atoms with Crippen LogP contribution in [-0.2, 0) is 4.74 Å². The normalized spacial score (nSPS) is 14.7. The number of esters is 1. The Kier molecular flexibility index (Phi) is 4.29. The van der Waals surface area contributed by atoms with Gasteiger partial charge in [-0.3, -0.25) is 0 Å². The van der Waals surface area contributed by atoms with Gasteiger partial charge < -0.3 is 15.0 Å². The van der Waals surface area contributed by atoms with Crippen LogP contribution in [0, 0.1) is 0 Å². The molecular weight excluding hydrogens is 280 g/mol. The van der Waals surface area contributed by atoms with E-state index in [2.05, 4.69) is 20.2 Å². The van der Waals surface area contributed by atoms with E-state index in [9.17, 15) is 4.79 Å². The molecule has 0 unspecified atom stereocenters. The number of carbonyl (C=O) groups excluding carboxylic acids is 1. The summed E-state index contributed by atoms with van der Waals surface area (Å²) in [6.07, 6.45) is 3.66. The molecule has 1 aliphatic heterocycles. The van der Waals surface area contributed by atoms with E-state index < -0.39 is 0 Å². The number of nitrogens with one attached hydrogen (secondary N) is 1. The summed E-state index contributed by atoms with van der Waals surface area (Å²) < 4.78 is 4.73. The summed E-state index contributed by atoms with van der Waals surface area (Å²) in [5.41, 5.74) is 2.32. The summed E-state index contributed by atoms with van der Waals surface area (Å²) in [5.74, 6) is 0.240. The van der Waals surface area contributed by atoms with E-state index in [1.807, 2.05) is 18.5 Å². The fourth-order valence-electron chi connectivity index (χ4n) is 2.46. The summed E-state index contributed by atoms with van der Waals surface area (Å²) >= 11 is 0. The van der Waals surface area contributed by atoms with Crippen LogP contribution in [0.4, 0.5) is 5.69 Å². The van der Waals surface area contributed by atoms with Gasteiger partial charge in [-0.1, -0.05) is 12.1 Å². The van der Waals surface area contributed by atoms with Crippen molar-refractivity contribution in [1.82, 2.24) is 15.3 Å². The standard InChI is InChI=1S/C16H18N4O2/c1-22-16(21)13-4-2-3-12(9-13)15-18-10-14(11-19-15)20-7-5-17-6-8-20/h2-4,9-11,17H,5-8H2,1H3. The van der Waals surface area contributed by atoms with Crippen molar-refractivity contribution in [3.8, 4) is 11.4 Å². The molecule has 2 heterocycles. The van der Waals surface area contributed by atoms with Crippen molar-refractivity contribution in [2.24, 2.45) is 0 Å². The lowest BCUT2D eigenvalue weighted by atomic mass is 10.1. The first-order chi connectivity index (χ1) is 10.8. The van der Waals surface area contributed by atoms with Crippen molar-refractivity contribution < 1.29 is 9.53 Å². The molecular formula is C16H18N4O2. The predicted molar refractivity (Wildman–Crippen MR) is 83.9 cm³/mol. The molecule has 1 aliphatic rings. The second-order valence-corrected chi connectivity index (χ2v) is 5.07. The number of methoxy groups -OCH3 is 1. The van der Waals surface area contributed by atoms with Crippen molar-refractivity contribution in [3.63, 3.8) is 0 Å². The highest BCUT2D eigenvalue weighted by Gasteiger charge is 2.12. The fourth-order valence-corrected chi connectivity index (χ4v) is 2.46. The average molecular weight is 298 g/mol. The summed E-state index contributed by atoms with van der Waals surface area (Å²) in [6, 6.07) is 7.14. The number of piperazine rings is 1. The van der Waals surface area contributed by atoms with Gasteiger partial charge in [0.25, 0.3) is 0 Å². The highest BCUT2D eigenvalue weighted by molar-refractivity contribution is 5.90. The van der Waals surface area contributed by atoms with Crippen molar-refractivity contribution in [1.29, 1.82) is 0 Å². The molecule has 0 bridgehead atoms. The number of ether oxygens (including phenoxy) is 1. The van der Waals surface area contributed by atoms with Crippen LogP contribution in [0.3, 0.4) is 0 Å². The van der Waals surface area contributed by atoms with Gasteiger partial charge in [0.05, 0.1) is 30.8 Å². The Morgan fingerprint density at radius 1 is 1.23 bits per heavy atom. The Bertz CT molecular complexity index is 651.